The van der Waals surface area contributed by atoms with Crippen LogP contribution in [0.1, 0.15) is 36.1 Å². The van der Waals surface area contributed by atoms with E-state index in [-0.39, 0.29) is 31.6 Å². The number of anilines is 2. The predicted octanol–water partition coefficient (Wildman–Crippen LogP) is 3.65. The van der Waals surface area contributed by atoms with Crippen molar-refractivity contribution < 1.29 is 23.8 Å². The molecule has 49 heavy (non-hydrogen) atoms. The fourth-order valence-electron chi connectivity index (χ4n) is 7.18. The molecule has 6 rings (SSSR count). The maximum atomic E-state index is 13.2. The van der Waals surface area contributed by atoms with E-state index in [0.717, 1.165) is 55.5 Å². The second kappa shape index (κ2) is 15.7. The highest BCUT2D eigenvalue weighted by atomic mass is 16.6. The van der Waals surface area contributed by atoms with Gasteiger partial charge in [-0.15, -0.1) is 0 Å². The molecular formula is C37H45N7O5. The molecule has 2 atom stereocenters. The number of likely N-dealkylation sites (tertiary alicyclic amines) is 1. The largest absolute Gasteiger partial charge is 0.462 e. The fraction of sp³-hybridized carbons (Fsp3) is 0.486. The number of ether oxygens (including phenoxy) is 3. The third kappa shape index (κ3) is 7.79. The van der Waals surface area contributed by atoms with E-state index in [1.54, 1.807) is 4.90 Å². The van der Waals surface area contributed by atoms with Gasteiger partial charge in [0.2, 0.25) is 5.91 Å². The molecule has 3 aliphatic rings. The predicted molar refractivity (Wildman–Crippen MR) is 187 cm³/mol. The van der Waals surface area contributed by atoms with Crippen molar-refractivity contribution in [3.63, 3.8) is 0 Å². The number of piperazine rings is 1. The van der Waals surface area contributed by atoms with Crippen LogP contribution in [0.5, 0.6) is 6.01 Å². The zero-order valence-corrected chi connectivity index (χ0v) is 28.6. The minimum absolute atomic E-state index is 0.106. The number of carbonyl (C=O) groups is 2. The van der Waals surface area contributed by atoms with Gasteiger partial charge >= 0.3 is 12.0 Å². The highest BCUT2D eigenvalue weighted by Crippen LogP contribution is 2.36. The molecule has 0 bridgehead atoms. The Labute approximate surface area is 287 Å². The Morgan fingerprint density at radius 3 is 2.63 bits per heavy atom. The Bertz CT molecular complexity index is 1730. The fourth-order valence-corrected chi connectivity index (χ4v) is 7.18. The van der Waals surface area contributed by atoms with Gasteiger partial charge in [-0.3, -0.25) is 4.79 Å². The molecule has 2 fully saturated rings. The average Bonchev–Trinajstić information content (AvgIpc) is 3.53. The van der Waals surface area contributed by atoms with Crippen LogP contribution >= 0.6 is 0 Å². The Morgan fingerprint density at radius 1 is 1.02 bits per heavy atom. The van der Waals surface area contributed by atoms with E-state index in [9.17, 15) is 14.9 Å². The molecule has 4 heterocycles. The lowest BCUT2D eigenvalue weighted by Gasteiger charge is -2.42. The van der Waals surface area contributed by atoms with E-state index in [1.807, 2.05) is 0 Å². The summed E-state index contributed by atoms with van der Waals surface area (Å²) in [6.45, 7) is 6.83. The van der Waals surface area contributed by atoms with E-state index in [2.05, 4.69) is 71.1 Å². The molecule has 0 aliphatic carbocycles. The number of carbonyl (C=O) groups excluding carboxylic acids is 2. The van der Waals surface area contributed by atoms with Gasteiger partial charge in [-0.1, -0.05) is 30.3 Å². The molecule has 0 saturated carbocycles. The van der Waals surface area contributed by atoms with Crippen LogP contribution in [-0.2, 0) is 32.0 Å². The molecule has 1 amide bonds. The number of rotatable bonds is 11. The Kier molecular flexibility index (Phi) is 10.9. The van der Waals surface area contributed by atoms with Crippen LogP contribution in [0.25, 0.3) is 10.8 Å². The number of methoxy groups -OCH3 is 1. The van der Waals surface area contributed by atoms with Crippen LogP contribution in [0.3, 0.4) is 0 Å². The van der Waals surface area contributed by atoms with Crippen molar-refractivity contribution in [2.75, 3.05) is 76.5 Å². The van der Waals surface area contributed by atoms with Gasteiger partial charge in [-0.25, -0.2) is 4.79 Å². The van der Waals surface area contributed by atoms with E-state index in [4.69, 9.17) is 24.2 Å². The smallest absolute Gasteiger partial charge is 0.331 e. The number of likely N-dealkylation sites (N-methyl/N-ethyl adjacent to an activating group) is 1. The van der Waals surface area contributed by atoms with Crippen LogP contribution in [0.4, 0.5) is 11.5 Å². The van der Waals surface area contributed by atoms with Crippen LogP contribution in [-0.4, -0.2) is 110 Å². The quantitative estimate of drug-likeness (QED) is 0.169. The van der Waals surface area contributed by atoms with Gasteiger partial charge < -0.3 is 33.8 Å². The lowest BCUT2D eigenvalue weighted by Crippen LogP contribution is -2.55. The lowest BCUT2D eigenvalue weighted by molar-refractivity contribution is -0.139. The molecule has 1 aromatic heterocycles. The van der Waals surface area contributed by atoms with Gasteiger partial charge in [-0.05, 0) is 56.8 Å². The van der Waals surface area contributed by atoms with Gasteiger partial charge in [0.25, 0.3) is 0 Å². The molecule has 258 valence electrons. The standard InChI is InChI=1S/C37H45N7O5/c1-26-7-4-8-27-9-5-11-32(35(26)27)42-18-15-30-31(24-42)39-37(49-25-29-10-6-17-41(29)2)40-36(30)43-19-20-44(28(23-43)14-16-38)33(45)12-13-34(46)48-22-21-47-3/h4-5,7-9,11-13,28-29H,6,10,14-15,17-25H2,1-3H3/b13-12+/t28-,29-/m0/s1. The van der Waals surface area contributed by atoms with Crippen molar-refractivity contribution in [1.29, 1.82) is 5.26 Å². The molecule has 12 heteroatoms. The van der Waals surface area contributed by atoms with Crippen molar-refractivity contribution in [2.45, 2.75) is 51.2 Å². The Morgan fingerprint density at radius 2 is 1.86 bits per heavy atom. The van der Waals surface area contributed by atoms with Gasteiger partial charge in [0.15, 0.2) is 0 Å². The minimum Gasteiger partial charge on any atom is -0.462 e. The number of hydrogen-bond donors (Lipinski definition) is 0. The minimum atomic E-state index is -0.613. The maximum Gasteiger partial charge on any atom is 0.331 e. The first-order valence-electron chi connectivity index (χ1n) is 17.1. The number of nitriles is 1. The molecule has 3 aliphatic heterocycles. The van der Waals surface area contributed by atoms with Crippen LogP contribution in [0, 0.1) is 18.3 Å². The van der Waals surface area contributed by atoms with E-state index >= 15 is 0 Å². The molecule has 0 unspecified atom stereocenters. The summed E-state index contributed by atoms with van der Waals surface area (Å²) >= 11 is 0. The van der Waals surface area contributed by atoms with Crippen LogP contribution in [0.2, 0.25) is 0 Å². The number of amides is 1. The van der Waals surface area contributed by atoms with Crippen molar-refractivity contribution in [1.82, 2.24) is 19.8 Å². The maximum absolute atomic E-state index is 13.2. The highest BCUT2D eigenvalue weighted by Gasteiger charge is 2.34. The molecule has 3 aromatic rings. The third-order valence-corrected chi connectivity index (χ3v) is 9.82. The average molecular weight is 668 g/mol. The molecule has 0 spiro atoms. The molecule has 2 saturated heterocycles. The Balaban J connectivity index is 1.26. The topological polar surface area (TPSA) is 124 Å². The molecule has 0 N–H and O–H groups in total. The summed E-state index contributed by atoms with van der Waals surface area (Å²) in [5, 5.41) is 12.2. The van der Waals surface area contributed by atoms with E-state index < -0.39 is 5.97 Å². The van der Waals surface area contributed by atoms with Crippen molar-refractivity contribution >= 4 is 34.2 Å². The van der Waals surface area contributed by atoms with Crippen LogP contribution < -0.4 is 14.5 Å². The number of nitrogens with zero attached hydrogens (tertiary/aromatic N) is 7. The normalized spacial score (nSPS) is 19.7. The molecule has 0 radical (unpaired) electrons. The zero-order valence-electron chi connectivity index (χ0n) is 28.6. The van der Waals surface area contributed by atoms with E-state index in [0.29, 0.717) is 44.8 Å². The van der Waals surface area contributed by atoms with E-state index in [1.165, 1.54) is 35.2 Å². The molecular weight excluding hydrogens is 622 g/mol. The van der Waals surface area contributed by atoms with Gasteiger partial charge in [0.05, 0.1) is 37.4 Å². The summed E-state index contributed by atoms with van der Waals surface area (Å²) < 4.78 is 16.3. The summed E-state index contributed by atoms with van der Waals surface area (Å²) in [5.74, 6) is -0.141. The van der Waals surface area contributed by atoms with Crippen LogP contribution in [0.15, 0.2) is 48.6 Å². The van der Waals surface area contributed by atoms with Crippen molar-refractivity contribution in [3.05, 3.63) is 65.4 Å². The number of hydrogen-bond acceptors (Lipinski definition) is 11. The summed E-state index contributed by atoms with van der Waals surface area (Å²) in [6, 6.07) is 15.4. The number of aryl methyl sites for hydroxylation is 1. The summed E-state index contributed by atoms with van der Waals surface area (Å²) in [6.07, 6.45) is 5.46. The summed E-state index contributed by atoms with van der Waals surface area (Å²) in [4.78, 5) is 43.8. The molecule has 2 aromatic carbocycles. The third-order valence-electron chi connectivity index (χ3n) is 9.82. The first-order chi connectivity index (χ1) is 23.9. The lowest BCUT2D eigenvalue weighted by atomic mass is 9.99. The van der Waals surface area contributed by atoms with Gasteiger partial charge in [-0.2, -0.15) is 15.2 Å². The summed E-state index contributed by atoms with van der Waals surface area (Å²) in [7, 11) is 3.64. The first-order valence-corrected chi connectivity index (χ1v) is 17.1. The van der Waals surface area contributed by atoms with Gasteiger partial charge in [0.1, 0.15) is 19.0 Å². The molecule has 12 nitrogen and oxygen atoms in total. The summed E-state index contributed by atoms with van der Waals surface area (Å²) in [5.41, 5.74) is 4.43. The highest BCUT2D eigenvalue weighted by molar-refractivity contribution is 5.97. The number of fused-ring (bicyclic) bond motifs is 2. The Hall–Kier alpha value is -4.73. The monoisotopic (exact) mass is 667 g/mol. The van der Waals surface area contributed by atoms with Crippen molar-refractivity contribution in [2.24, 2.45) is 0 Å². The SMILES string of the molecule is COCCOC(=O)/C=C/C(=O)N1CCN(c2nc(OC[C@@H]3CCCN3C)nc3c2CCN(c2cccc4cccc(C)c24)C3)C[C@@H]1CC#N. The number of benzene rings is 2. The van der Waals surface area contributed by atoms with Gasteiger partial charge in [0, 0.05) is 68.1 Å². The second-order valence-electron chi connectivity index (χ2n) is 13.0. The zero-order chi connectivity index (χ0) is 34.3. The number of esters is 1. The first kappa shape index (κ1) is 34.1. The van der Waals surface area contributed by atoms with Crippen molar-refractivity contribution in [3.8, 4) is 12.1 Å². The second-order valence-corrected chi connectivity index (χ2v) is 13.0. The number of aromatic nitrogens is 2.